The Labute approximate surface area is 162 Å². The van der Waals surface area contributed by atoms with Crippen molar-refractivity contribution >= 4 is 33.4 Å². The fourth-order valence-corrected chi connectivity index (χ4v) is 4.12. The molecule has 0 bridgehead atoms. The zero-order valence-electron chi connectivity index (χ0n) is 14.5. The monoisotopic (exact) mass is 383 g/mol. The first-order valence-electron chi connectivity index (χ1n) is 8.72. The van der Waals surface area contributed by atoms with Crippen LogP contribution in [0.2, 0.25) is 0 Å². The first kappa shape index (κ1) is 15.3. The van der Waals surface area contributed by atoms with Crippen molar-refractivity contribution in [2.45, 2.75) is 0 Å². The number of thiophene rings is 1. The molecule has 0 aromatic carbocycles. The largest absolute Gasteiger partial charge is 0.338 e. The van der Waals surface area contributed by atoms with E-state index >= 15 is 0 Å². The molecule has 0 aliphatic rings. The Morgan fingerprint density at radius 2 is 2.04 bits per heavy atom. The molecule has 0 atom stereocenters. The third kappa shape index (κ3) is 2.28. The molecule has 0 fully saturated rings. The lowest BCUT2D eigenvalue weighted by molar-refractivity contribution is 1.09. The zero-order valence-corrected chi connectivity index (χ0v) is 15.3. The van der Waals surface area contributed by atoms with Gasteiger partial charge in [-0.25, -0.2) is 9.97 Å². The number of rotatable bonds is 3. The summed E-state index contributed by atoms with van der Waals surface area (Å²) in [6.07, 6.45) is 5.41. The van der Waals surface area contributed by atoms with Gasteiger partial charge in [0.05, 0.1) is 23.1 Å². The van der Waals surface area contributed by atoms with E-state index in [9.17, 15) is 0 Å². The Hall–Kier alpha value is -3.78. The number of hydrogen-bond acceptors (Lipinski definition) is 5. The van der Waals surface area contributed by atoms with Gasteiger partial charge < -0.3 is 4.98 Å². The van der Waals surface area contributed by atoms with Crippen LogP contribution in [0, 0.1) is 0 Å². The van der Waals surface area contributed by atoms with Gasteiger partial charge in [0, 0.05) is 23.3 Å². The lowest BCUT2D eigenvalue weighted by Crippen LogP contribution is -1.84. The van der Waals surface area contributed by atoms with E-state index < -0.39 is 0 Å². The van der Waals surface area contributed by atoms with E-state index in [1.807, 2.05) is 30.6 Å². The highest BCUT2D eigenvalue weighted by molar-refractivity contribution is 7.08. The van der Waals surface area contributed by atoms with Crippen molar-refractivity contribution < 1.29 is 0 Å². The summed E-state index contributed by atoms with van der Waals surface area (Å²) in [6, 6.07) is 10.2. The summed E-state index contributed by atoms with van der Waals surface area (Å²) in [7, 11) is 0. The molecular weight excluding hydrogens is 370 g/mol. The SMILES string of the molecule is c1cc(-c2ccsc2)c2cc(-c3n[nH]c4ccc(-c5cn[nH]c5)nc34)[nH]c2n1. The molecule has 6 rings (SSSR count). The summed E-state index contributed by atoms with van der Waals surface area (Å²) in [5, 5.41) is 19.7. The Kier molecular flexibility index (Phi) is 3.20. The third-order valence-electron chi connectivity index (χ3n) is 4.82. The number of aromatic nitrogens is 7. The minimum absolute atomic E-state index is 0.773. The first-order valence-corrected chi connectivity index (χ1v) is 9.66. The van der Waals surface area contributed by atoms with Crippen LogP contribution >= 0.6 is 11.3 Å². The molecule has 7 nitrogen and oxygen atoms in total. The maximum absolute atomic E-state index is 4.80. The van der Waals surface area contributed by atoms with Crippen LogP contribution in [0.4, 0.5) is 0 Å². The fraction of sp³-hybridized carbons (Fsp3) is 0. The standard InChI is InChI=1S/C20H13N7S/c1-2-16-18(24-15(1)12-8-22-23-9-12)19(27-26-16)17-7-14-13(11-4-6-28-10-11)3-5-21-20(14)25-17/h1-10H,(H,21,25)(H,22,23)(H,26,27). The summed E-state index contributed by atoms with van der Waals surface area (Å²) in [5.41, 5.74) is 8.30. The van der Waals surface area contributed by atoms with Gasteiger partial charge in [-0.2, -0.15) is 21.5 Å². The molecule has 6 aromatic rings. The summed E-state index contributed by atoms with van der Waals surface area (Å²) in [5.74, 6) is 0. The van der Waals surface area contributed by atoms with Crippen molar-refractivity contribution in [2.24, 2.45) is 0 Å². The molecule has 0 saturated carbocycles. The molecule has 3 N–H and O–H groups in total. The van der Waals surface area contributed by atoms with Gasteiger partial charge in [-0.15, -0.1) is 0 Å². The number of pyridine rings is 2. The van der Waals surface area contributed by atoms with Gasteiger partial charge in [-0.3, -0.25) is 10.2 Å². The van der Waals surface area contributed by atoms with Crippen molar-refractivity contribution in [3.8, 4) is 33.8 Å². The molecule has 0 spiro atoms. The van der Waals surface area contributed by atoms with Gasteiger partial charge in [0.2, 0.25) is 0 Å². The summed E-state index contributed by atoms with van der Waals surface area (Å²) >= 11 is 1.68. The number of nitrogens with zero attached hydrogens (tertiary/aromatic N) is 4. The van der Waals surface area contributed by atoms with Crippen LogP contribution in [0.5, 0.6) is 0 Å². The quantitative estimate of drug-likeness (QED) is 0.415. The van der Waals surface area contributed by atoms with Crippen LogP contribution in [0.1, 0.15) is 0 Å². The van der Waals surface area contributed by atoms with Crippen LogP contribution in [0.25, 0.3) is 55.8 Å². The average Bonchev–Trinajstić information content (AvgIpc) is 3.53. The van der Waals surface area contributed by atoms with Crippen molar-refractivity contribution in [1.82, 2.24) is 35.3 Å². The number of hydrogen-bond donors (Lipinski definition) is 3. The van der Waals surface area contributed by atoms with E-state index in [4.69, 9.17) is 4.98 Å². The summed E-state index contributed by atoms with van der Waals surface area (Å²) in [4.78, 5) is 12.7. The summed E-state index contributed by atoms with van der Waals surface area (Å²) < 4.78 is 0. The van der Waals surface area contributed by atoms with Gasteiger partial charge in [-0.05, 0) is 52.2 Å². The molecule has 28 heavy (non-hydrogen) atoms. The highest BCUT2D eigenvalue weighted by Gasteiger charge is 2.16. The molecule has 0 saturated heterocycles. The molecular formula is C20H13N7S. The number of aromatic amines is 3. The van der Waals surface area contributed by atoms with E-state index in [1.165, 1.54) is 5.56 Å². The molecule has 0 aliphatic carbocycles. The predicted octanol–water partition coefficient (Wildman–Crippen LogP) is 4.62. The maximum Gasteiger partial charge on any atom is 0.138 e. The Bertz CT molecular complexity index is 1410. The predicted molar refractivity (Wildman–Crippen MR) is 110 cm³/mol. The van der Waals surface area contributed by atoms with E-state index in [1.54, 1.807) is 17.5 Å². The maximum atomic E-state index is 4.80. The normalized spacial score (nSPS) is 11.6. The van der Waals surface area contributed by atoms with E-state index in [-0.39, 0.29) is 0 Å². The number of fused-ring (bicyclic) bond motifs is 2. The molecule has 0 unspecified atom stereocenters. The molecule has 134 valence electrons. The molecule has 0 radical (unpaired) electrons. The lowest BCUT2D eigenvalue weighted by atomic mass is 10.1. The summed E-state index contributed by atoms with van der Waals surface area (Å²) in [6.45, 7) is 0. The Balaban J connectivity index is 1.55. The Morgan fingerprint density at radius 1 is 1.04 bits per heavy atom. The van der Waals surface area contributed by atoms with Crippen LogP contribution in [0.3, 0.4) is 0 Å². The van der Waals surface area contributed by atoms with Crippen molar-refractivity contribution in [3.05, 3.63) is 59.7 Å². The topological polar surface area (TPSA) is 98.9 Å². The first-order chi connectivity index (χ1) is 13.9. The van der Waals surface area contributed by atoms with Crippen molar-refractivity contribution in [2.75, 3.05) is 0 Å². The lowest BCUT2D eigenvalue weighted by Gasteiger charge is -1.98. The fourth-order valence-electron chi connectivity index (χ4n) is 3.46. The van der Waals surface area contributed by atoms with Gasteiger partial charge in [0.15, 0.2) is 0 Å². The minimum atomic E-state index is 0.773. The average molecular weight is 383 g/mol. The molecule has 6 aromatic heterocycles. The van der Waals surface area contributed by atoms with E-state index in [0.29, 0.717) is 0 Å². The molecule has 0 aliphatic heterocycles. The molecule has 6 heterocycles. The second-order valence-electron chi connectivity index (χ2n) is 6.47. The zero-order chi connectivity index (χ0) is 18.5. The smallest absolute Gasteiger partial charge is 0.138 e. The van der Waals surface area contributed by atoms with Gasteiger partial charge in [-0.1, -0.05) is 0 Å². The van der Waals surface area contributed by atoms with Crippen LogP contribution in [-0.4, -0.2) is 35.3 Å². The second-order valence-corrected chi connectivity index (χ2v) is 7.25. The minimum Gasteiger partial charge on any atom is -0.338 e. The van der Waals surface area contributed by atoms with E-state index in [0.717, 1.165) is 50.3 Å². The van der Waals surface area contributed by atoms with Crippen molar-refractivity contribution in [3.63, 3.8) is 0 Å². The molecule has 0 amide bonds. The Morgan fingerprint density at radius 3 is 2.89 bits per heavy atom. The highest BCUT2D eigenvalue weighted by Crippen LogP contribution is 2.33. The number of H-pyrrole nitrogens is 3. The van der Waals surface area contributed by atoms with Gasteiger partial charge in [0.1, 0.15) is 16.9 Å². The third-order valence-corrected chi connectivity index (χ3v) is 5.50. The van der Waals surface area contributed by atoms with Crippen LogP contribution in [0.15, 0.2) is 59.7 Å². The number of nitrogens with one attached hydrogen (secondary N) is 3. The van der Waals surface area contributed by atoms with E-state index in [2.05, 4.69) is 53.3 Å². The van der Waals surface area contributed by atoms with Gasteiger partial charge in [0.25, 0.3) is 0 Å². The van der Waals surface area contributed by atoms with Crippen molar-refractivity contribution in [1.29, 1.82) is 0 Å². The van der Waals surface area contributed by atoms with Crippen LogP contribution in [-0.2, 0) is 0 Å². The van der Waals surface area contributed by atoms with Gasteiger partial charge >= 0.3 is 0 Å². The second kappa shape index (κ2) is 5.86. The van der Waals surface area contributed by atoms with Crippen LogP contribution < -0.4 is 0 Å². The highest BCUT2D eigenvalue weighted by atomic mass is 32.1. The molecule has 8 heteroatoms.